The van der Waals surface area contributed by atoms with Gasteiger partial charge < -0.3 is 0 Å². The highest BCUT2D eigenvalue weighted by molar-refractivity contribution is 6.34. The Morgan fingerprint density at radius 1 is 1.24 bits per heavy atom. The van der Waals surface area contributed by atoms with Crippen LogP contribution in [0.1, 0.15) is 5.56 Å². The number of rotatable bonds is 1. The molecule has 1 aromatic heterocycles. The van der Waals surface area contributed by atoms with Crippen molar-refractivity contribution in [1.82, 2.24) is 4.98 Å². The molecule has 0 amide bonds. The lowest BCUT2D eigenvalue weighted by Crippen LogP contribution is -1.92. The van der Waals surface area contributed by atoms with Crippen LogP contribution in [0, 0.1) is 17.1 Å². The minimum atomic E-state index is -0.442. The van der Waals surface area contributed by atoms with Crippen LogP contribution in [0.15, 0.2) is 30.3 Å². The van der Waals surface area contributed by atoms with Crippen molar-refractivity contribution in [3.8, 4) is 17.3 Å². The normalized spacial score (nSPS) is 10.0. The van der Waals surface area contributed by atoms with Gasteiger partial charge in [0, 0.05) is 5.56 Å². The van der Waals surface area contributed by atoms with Crippen LogP contribution in [0.4, 0.5) is 4.39 Å². The van der Waals surface area contributed by atoms with Crippen molar-refractivity contribution in [2.45, 2.75) is 0 Å². The molecule has 0 atom stereocenters. The summed E-state index contributed by atoms with van der Waals surface area (Å²) in [5.41, 5.74) is 0.648. The number of nitriles is 1. The summed E-state index contributed by atoms with van der Waals surface area (Å²) in [7, 11) is 0. The van der Waals surface area contributed by atoms with Crippen LogP contribution < -0.4 is 0 Å². The van der Waals surface area contributed by atoms with Gasteiger partial charge in [-0.2, -0.15) is 5.26 Å². The molecule has 1 aromatic carbocycles. The maximum absolute atomic E-state index is 13.6. The maximum Gasteiger partial charge on any atom is 0.147 e. The van der Waals surface area contributed by atoms with E-state index in [-0.39, 0.29) is 27.0 Å². The first-order chi connectivity index (χ1) is 8.13. The maximum atomic E-state index is 13.6. The summed E-state index contributed by atoms with van der Waals surface area (Å²) >= 11 is 11.7. The lowest BCUT2D eigenvalue weighted by atomic mass is 10.1. The topological polar surface area (TPSA) is 36.7 Å². The SMILES string of the molecule is N#Cc1cc(Cl)c(-c2ccccc2F)nc1Cl. The van der Waals surface area contributed by atoms with Gasteiger partial charge in [0.15, 0.2) is 0 Å². The fraction of sp³-hybridized carbons (Fsp3) is 0. The van der Waals surface area contributed by atoms with E-state index in [1.165, 1.54) is 12.1 Å². The highest BCUT2D eigenvalue weighted by atomic mass is 35.5. The lowest BCUT2D eigenvalue weighted by Gasteiger charge is -2.06. The number of hydrogen-bond acceptors (Lipinski definition) is 2. The Hall–Kier alpha value is -1.63. The van der Waals surface area contributed by atoms with Crippen molar-refractivity contribution < 1.29 is 4.39 Å². The highest BCUT2D eigenvalue weighted by Gasteiger charge is 2.13. The predicted molar refractivity (Wildman–Crippen MR) is 64.4 cm³/mol. The van der Waals surface area contributed by atoms with Gasteiger partial charge in [-0.05, 0) is 18.2 Å². The molecule has 0 saturated carbocycles. The second-order valence-electron chi connectivity index (χ2n) is 3.25. The zero-order valence-corrected chi connectivity index (χ0v) is 9.93. The number of benzene rings is 1. The Morgan fingerprint density at radius 3 is 2.59 bits per heavy atom. The minimum absolute atomic E-state index is 0.00940. The average Bonchev–Trinajstić information content (AvgIpc) is 2.32. The third-order valence-corrected chi connectivity index (χ3v) is 2.76. The standard InChI is InChI=1S/C12H5Cl2FN2/c13-9-5-7(6-16)12(14)17-11(9)8-3-1-2-4-10(8)15/h1-5H. The Morgan fingerprint density at radius 2 is 1.94 bits per heavy atom. The van der Waals surface area contributed by atoms with Crippen LogP contribution in [-0.4, -0.2) is 4.98 Å². The van der Waals surface area contributed by atoms with Crippen molar-refractivity contribution in [1.29, 1.82) is 5.26 Å². The van der Waals surface area contributed by atoms with Gasteiger partial charge in [0.05, 0.1) is 16.3 Å². The fourth-order valence-corrected chi connectivity index (χ4v) is 1.82. The van der Waals surface area contributed by atoms with Crippen molar-refractivity contribution in [3.05, 3.63) is 51.9 Å². The van der Waals surface area contributed by atoms with Crippen LogP contribution in [0.5, 0.6) is 0 Å². The molecule has 0 saturated heterocycles. The number of halogens is 3. The van der Waals surface area contributed by atoms with Crippen molar-refractivity contribution >= 4 is 23.2 Å². The van der Waals surface area contributed by atoms with Gasteiger partial charge in [-0.1, -0.05) is 35.3 Å². The van der Waals surface area contributed by atoms with Gasteiger partial charge in [-0.25, -0.2) is 9.37 Å². The smallest absolute Gasteiger partial charge is 0.147 e. The molecule has 0 N–H and O–H groups in total. The molecule has 0 aliphatic carbocycles. The molecule has 1 heterocycles. The largest absolute Gasteiger partial charge is 0.233 e. The van der Waals surface area contributed by atoms with Gasteiger partial charge in [0.1, 0.15) is 17.0 Å². The molecule has 5 heteroatoms. The van der Waals surface area contributed by atoms with Crippen molar-refractivity contribution in [2.24, 2.45) is 0 Å². The second-order valence-corrected chi connectivity index (χ2v) is 4.01. The molecule has 0 fully saturated rings. The van der Waals surface area contributed by atoms with Crippen molar-refractivity contribution in [2.75, 3.05) is 0 Å². The number of nitrogens with zero attached hydrogens (tertiary/aromatic N) is 2. The summed E-state index contributed by atoms with van der Waals surface area (Å²) in [5.74, 6) is -0.442. The molecule has 2 nitrogen and oxygen atoms in total. The molecule has 0 aliphatic heterocycles. The van der Waals surface area contributed by atoms with Gasteiger partial charge in [0.25, 0.3) is 0 Å². The Labute approximate surface area is 107 Å². The second kappa shape index (κ2) is 4.70. The van der Waals surface area contributed by atoms with E-state index in [0.717, 1.165) is 0 Å². The van der Waals surface area contributed by atoms with E-state index >= 15 is 0 Å². The van der Waals surface area contributed by atoms with E-state index in [1.807, 2.05) is 6.07 Å². The summed E-state index contributed by atoms with van der Waals surface area (Å²) in [6.45, 7) is 0. The molecular formula is C12H5Cl2FN2. The summed E-state index contributed by atoms with van der Waals surface area (Å²) < 4.78 is 13.6. The minimum Gasteiger partial charge on any atom is -0.233 e. The Balaban J connectivity index is 2.66. The van der Waals surface area contributed by atoms with E-state index in [9.17, 15) is 4.39 Å². The molecule has 0 aliphatic rings. The first kappa shape index (κ1) is 11.8. The molecule has 0 bridgehead atoms. The molecule has 0 radical (unpaired) electrons. The highest BCUT2D eigenvalue weighted by Crippen LogP contribution is 2.30. The first-order valence-corrected chi connectivity index (χ1v) is 5.40. The van der Waals surface area contributed by atoms with Gasteiger partial charge >= 0.3 is 0 Å². The summed E-state index contributed by atoms with van der Waals surface area (Å²) in [6.07, 6.45) is 0. The third-order valence-electron chi connectivity index (χ3n) is 2.18. The average molecular weight is 267 g/mol. The number of hydrogen-bond donors (Lipinski definition) is 0. The van der Waals surface area contributed by atoms with Crippen LogP contribution in [-0.2, 0) is 0 Å². The van der Waals surface area contributed by atoms with E-state index < -0.39 is 5.82 Å². The molecule has 2 rings (SSSR count). The zero-order valence-electron chi connectivity index (χ0n) is 8.42. The summed E-state index contributed by atoms with van der Waals surface area (Å²) in [4.78, 5) is 3.95. The third kappa shape index (κ3) is 2.23. The molecule has 17 heavy (non-hydrogen) atoms. The Bertz CT molecular complexity index is 620. The predicted octanol–water partition coefficient (Wildman–Crippen LogP) is 4.07. The van der Waals surface area contributed by atoms with Crippen LogP contribution >= 0.6 is 23.2 Å². The van der Waals surface area contributed by atoms with E-state index in [4.69, 9.17) is 28.5 Å². The van der Waals surface area contributed by atoms with Crippen LogP contribution in [0.25, 0.3) is 11.3 Å². The van der Waals surface area contributed by atoms with E-state index in [1.54, 1.807) is 18.2 Å². The van der Waals surface area contributed by atoms with Gasteiger partial charge in [0.2, 0.25) is 0 Å². The van der Waals surface area contributed by atoms with Gasteiger partial charge in [-0.3, -0.25) is 0 Å². The quantitative estimate of drug-likeness (QED) is 0.730. The lowest BCUT2D eigenvalue weighted by molar-refractivity contribution is 0.631. The molecule has 84 valence electrons. The monoisotopic (exact) mass is 266 g/mol. The molecule has 0 unspecified atom stereocenters. The summed E-state index contributed by atoms with van der Waals surface area (Å²) in [5, 5.41) is 8.95. The molecular weight excluding hydrogens is 262 g/mol. The fourth-order valence-electron chi connectivity index (χ4n) is 1.39. The van der Waals surface area contributed by atoms with E-state index in [2.05, 4.69) is 4.98 Å². The number of aromatic nitrogens is 1. The molecule has 0 spiro atoms. The summed E-state index contributed by atoms with van der Waals surface area (Å²) in [6, 6.07) is 9.32. The van der Waals surface area contributed by atoms with Crippen LogP contribution in [0.3, 0.4) is 0 Å². The zero-order chi connectivity index (χ0) is 12.4. The van der Waals surface area contributed by atoms with Gasteiger partial charge in [-0.15, -0.1) is 0 Å². The number of pyridine rings is 1. The Kier molecular flexibility index (Phi) is 3.28. The van der Waals surface area contributed by atoms with Crippen LogP contribution in [0.2, 0.25) is 10.2 Å². The first-order valence-electron chi connectivity index (χ1n) is 4.64. The molecule has 2 aromatic rings. The van der Waals surface area contributed by atoms with Crippen molar-refractivity contribution in [3.63, 3.8) is 0 Å². The van der Waals surface area contributed by atoms with E-state index in [0.29, 0.717) is 0 Å².